The number of nitrogens with zero attached hydrogens (tertiary/aromatic N) is 2. The summed E-state index contributed by atoms with van der Waals surface area (Å²) in [4.78, 5) is 30.5. The second-order valence-corrected chi connectivity index (χ2v) is 10.9. The molecular formula is C27H35BrN4O3. The van der Waals surface area contributed by atoms with Gasteiger partial charge in [-0.05, 0) is 80.1 Å². The van der Waals surface area contributed by atoms with Crippen LogP contribution in [0.4, 0.5) is 16.2 Å². The lowest BCUT2D eigenvalue weighted by molar-refractivity contribution is -0.140. The number of carbonyl (C=O) groups excluding carboxylic acids is 2. The first-order chi connectivity index (χ1) is 16.7. The fourth-order valence-electron chi connectivity index (χ4n) is 4.90. The molecule has 0 spiro atoms. The van der Waals surface area contributed by atoms with Crippen molar-refractivity contribution < 1.29 is 14.7 Å². The van der Waals surface area contributed by atoms with E-state index in [1.165, 1.54) is 12.8 Å². The molecule has 2 aliphatic rings. The predicted molar refractivity (Wildman–Crippen MR) is 142 cm³/mol. The van der Waals surface area contributed by atoms with Gasteiger partial charge in [-0.15, -0.1) is 0 Å². The number of nitrogens with one attached hydrogen (secondary N) is 2. The maximum Gasteiger partial charge on any atom is 0.329 e. The van der Waals surface area contributed by atoms with Gasteiger partial charge < -0.3 is 20.6 Å². The van der Waals surface area contributed by atoms with Gasteiger partial charge in [0.05, 0.1) is 5.69 Å². The molecule has 2 atom stereocenters. The summed E-state index contributed by atoms with van der Waals surface area (Å²) in [5, 5.41) is 17.8. The second-order valence-electron chi connectivity index (χ2n) is 9.95. The summed E-state index contributed by atoms with van der Waals surface area (Å²) in [6.45, 7) is 9.88. The molecule has 2 aliphatic heterocycles. The van der Waals surface area contributed by atoms with Gasteiger partial charge in [-0.25, -0.2) is 4.79 Å². The predicted octanol–water partition coefficient (Wildman–Crippen LogP) is 4.69. The quantitative estimate of drug-likeness (QED) is 0.473. The third-order valence-corrected chi connectivity index (χ3v) is 7.60. The summed E-state index contributed by atoms with van der Waals surface area (Å²) in [5.74, 6) is 0.350. The number of rotatable bonds is 7. The van der Waals surface area contributed by atoms with Gasteiger partial charge in [0.25, 0.3) is 11.6 Å². The van der Waals surface area contributed by atoms with Crippen molar-refractivity contribution >= 4 is 39.2 Å². The number of halogens is 1. The zero-order valence-electron chi connectivity index (χ0n) is 20.7. The van der Waals surface area contributed by atoms with Crippen molar-refractivity contribution in [2.24, 2.45) is 11.8 Å². The fourth-order valence-corrected chi connectivity index (χ4v) is 5.26. The molecule has 0 bridgehead atoms. The van der Waals surface area contributed by atoms with Gasteiger partial charge in [0.2, 0.25) is 0 Å². The maximum atomic E-state index is 13.7. The molecule has 7 nitrogen and oxygen atoms in total. The largest absolute Gasteiger partial charge is 0.359 e. The minimum atomic E-state index is -2.20. The lowest BCUT2D eigenvalue weighted by Crippen LogP contribution is -2.63. The average Bonchev–Trinajstić information content (AvgIpc) is 2.85. The van der Waals surface area contributed by atoms with Crippen LogP contribution in [-0.2, 0) is 16.9 Å². The van der Waals surface area contributed by atoms with Crippen molar-refractivity contribution in [1.29, 1.82) is 0 Å². The molecule has 4 rings (SSSR count). The molecule has 2 aromatic carbocycles. The number of benzene rings is 2. The monoisotopic (exact) mass is 542 g/mol. The maximum absolute atomic E-state index is 13.7. The van der Waals surface area contributed by atoms with Gasteiger partial charge in [0.15, 0.2) is 0 Å². The molecule has 0 unspecified atom stereocenters. The molecule has 1 saturated heterocycles. The van der Waals surface area contributed by atoms with Crippen LogP contribution in [0.15, 0.2) is 46.9 Å². The standard InChI is InChI=1S/C27H35BrN4O3/c1-4-20-5-8-22(9-6-20)32-26(34)30-24-10-7-21(28)15-23(24)27(32,35)25(33)29-16-19(3)17-31-13-11-18(2)12-14-31/h5-10,15,18-19,35H,4,11-14,16-17H2,1-3H3,(H,29,33)(H,30,34)/t19-,27-/m0/s1. The van der Waals surface area contributed by atoms with E-state index in [1.54, 1.807) is 30.3 Å². The van der Waals surface area contributed by atoms with E-state index in [0.29, 0.717) is 28.0 Å². The van der Waals surface area contributed by atoms with Gasteiger partial charge >= 0.3 is 6.03 Å². The van der Waals surface area contributed by atoms with Crippen LogP contribution in [0.2, 0.25) is 0 Å². The topological polar surface area (TPSA) is 84.9 Å². The molecule has 8 heteroatoms. The number of anilines is 2. The normalized spacial score (nSPS) is 21.9. The van der Waals surface area contributed by atoms with Crippen molar-refractivity contribution in [3.05, 3.63) is 58.1 Å². The van der Waals surface area contributed by atoms with Crippen LogP contribution in [0.25, 0.3) is 0 Å². The van der Waals surface area contributed by atoms with E-state index in [0.717, 1.165) is 42.4 Å². The van der Waals surface area contributed by atoms with E-state index in [-0.39, 0.29) is 5.92 Å². The number of aryl methyl sites for hydroxylation is 1. The highest BCUT2D eigenvalue weighted by Crippen LogP contribution is 2.41. The van der Waals surface area contributed by atoms with Crippen molar-refractivity contribution in [1.82, 2.24) is 10.2 Å². The highest BCUT2D eigenvalue weighted by molar-refractivity contribution is 9.10. The Morgan fingerprint density at radius 3 is 2.57 bits per heavy atom. The van der Waals surface area contributed by atoms with Crippen molar-refractivity contribution in [3.8, 4) is 0 Å². The Morgan fingerprint density at radius 2 is 1.91 bits per heavy atom. The van der Waals surface area contributed by atoms with E-state index < -0.39 is 17.7 Å². The lowest BCUT2D eigenvalue weighted by Gasteiger charge is -2.43. The number of fused-ring (bicyclic) bond motifs is 1. The zero-order chi connectivity index (χ0) is 25.2. The Balaban J connectivity index is 1.59. The fraction of sp³-hybridized carbons (Fsp3) is 0.481. The van der Waals surface area contributed by atoms with Gasteiger partial charge in [-0.2, -0.15) is 0 Å². The van der Waals surface area contributed by atoms with Crippen molar-refractivity contribution in [2.75, 3.05) is 36.4 Å². The van der Waals surface area contributed by atoms with E-state index in [2.05, 4.69) is 45.3 Å². The molecule has 2 heterocycles. The van der Waals surface area contributed by atoms with Crippen LogP contribution in [0.3, 0.4) is 0 Å². The van der Waals surface area contributed by atoms with Crippen molar-refractivity contribution in [2.45, 2.75) is 45.8 Å². The zero-order valence-corrected chi connectivity index (χ0v) is 22.3. The number of hydrogen-bond donors (Lipinski definition) is 3. The van der Waals surface area contributed by atoms with Crippen LogP contribution in [-0.4, -0.2) is 48.1 Å². The third-order valence-electron chi connectivity index (χ3n) is 7.10. The number of hydrogen-bond acceptors (Lipinski definition) is 4. The van der Waals surface area contributed by atoms with Crippen LogP contribution in [0.1, 0.15) is 44.7 Å². The van der Waals surface area contributed by atoms with E-state index in [4.69, 9.17) is 0 Å². The van der Waals surface area contributed by atoms with Crippen LogP contribution < -0.4 is 15.5 Å². The molecule has 35 heavy (non-hydrogen) atoms. The van der Waals surface area contributed by atoms with E-state index in [9.17, 15) is 14.7 Å². The first kappa shape index (κ1) is 25.7. The highest BCUT2D eigenvalue weighted by Gasteiger charge is 2.52. The van der Waals surface area contributed by atoms with Crippen LogP contribution in [0, 0.1) is 11.8 Å². The van der Waals surface area contributed by atoms with E-state index >= 15 is 0 Å². The summed E-state index contributed by atoms with van der Waals surface area (Å²) in [5.41, 5.74) is 0.0748. The molecular weight excluding hydrogens is 508 g/mol. The average molecular weight is 544 g/mol. The minimum absolute atomic E-state index is 0.202. The molecule has 2 aromatic rings. The van der Waals surface area contributed by atoms with Gasteiger partial charge in [-0.1, -0.05) is 48.8 Å². The molecule has 0 aromatic heterocycles. The SMILES string of the molecule is CCc1ccc(N2C(=O)Nc3ccc(Br)cc3[C@]2(O)C(=O)NC[C@H](C)CN2CCC(C)CC2)cc1. The smallest absolute Gasteiger partial charge is 0.329 e. The Bertz CT molecular complexity index is 1070. The Hall–Kier alpha value is -2.42. The summed E-state index contributed by atoms with van der Waals surface area (Å²) < 4.78 is 0.701. The number of carbonyl (C=O) groups is 2. The molecule has 0 saturated carbocycles. The first-order valence-electron chi connectivity index (χ1n) is 12.5. The van der Waals surface area contributed by atoms with Gasteiger partial charge in [0.1, 0.15) is 0 Å². The lowest BCUT2D eigenvalue weighted by atomic mass is 9.94. The first-order valence-corrected chi connectivity index (χ1v) is 13.2. The van der Waals surface area contributed by atoms with E-state index in [1.807, 2.05) is 19.1 Å². The number of amides is 3. The highest BCUT2D eigenvalue weighted by atomic mass is 79.9. The summed E-state index contributed by atoms with van der Waals surface area (Å²) >= 11 is 3.44. The summed E-state index contributed by atoms with van der Waals surface area (Å²) in [6, 6.07) is 11.9. The third kappa shape index (κ3) is 5.39. The Morgan fingerprint density at radius 1 is 1.23 bits per heavy atom. The summed E-state index contributed by atoms with van der Waals surface area (Å²) in [6.07, 6.45) is 3.25. The number of likely N-dealkylation sites (tertiary alicyclic amines) is 1. The van der Waals surface area contributed by atoms with Gasteiger partial charge in [0, 0.05) is 28.8 Å². The number of urea groups is 1. The van der Waals surface area contributed by atoms with Crippen LogP contribution in [0.5, 0.6) is 0 Å². The van der Waals surface area contributed by atoms with Crippen LogP contribution >= 0.6 is 15.9 Å². The molecule has 0 radical (unpaired) electrons. The molecule has 188 valence electrons. The Kier molecular flexibility index (Phi) is 7.83. The molecule has 3 N–H and O–H groups in total. The minimum Gasteiger partial charge on any atom is -0.359 e. The van der Waals surface area contributed by atoms with Gasteiger partial charge in [-0.3, -0.25) is 9.69 Å². The second kappa shape index (κ2) is 10.7. The number of piperidine rings is 1. The number of aliphatic hydroxyl groups is 1. The Labute approximate surface area is 216 Å². The summed E-state index contributed by atoms with van der Waals surface area (Å²) in [7, 11) is 0. The molecule has 1 fully saturated rings. The molecule has 0 aliphatic carbocycles. The molecule has 3 amide bonds. The van der Waals surface area contributed by atoms with Crippen molar-refractivity contribution in [3.63, 3.8) is 0 Å².